The summed E-state index contributed by atoms with van der Waals surface area (Å²) < 4.78 is 81.8. The number of rotatable bonds is 11. The van der Waals surface area contributed by atoms with Gasteiger partial charge in [-0.1, -0.05) is 42.0 Å². The van der Waals surface area contributed by atoms with Crippen LogP contribution in [0, 0.1) is 0 Å². The normalized spacial score (nSPS) is 18.2. The van der Waals surface area contributed by atoms with Gasteiger partial charge in [-0.15, -0.1) is 6.58 Å². The summed E-state index contributed by atoms with van der Waals surface area (Å²) in [5.74, 6) is 0. The first-order chi connectivity index (χ1) is 17.4. The maximum absolute atomic E-state index is 13.6. The second kappa shape index (κ2) is 11.7. The fraction of sp³-hybridized carbons (Fsp3) is 0.462. The molecule has 0 aliphatic carbocycles. The molecule has 2 rings (SSSR count). The predicted octanol–water partition coefficient (Wildman–Crippen LogP) is 3.01. The van der Waals surface area contributed by atoms with Crippen molar-refractivity contribution in [2.45, 2.75) is 68.1 Å². The molecule has 0 amide bonds. The summed E-state index contributed by atoms with van der Waals surface area (Å²) in [4.78, 5) is 0. The molecular formula is C26H30F6O6. The second-order valence-electron chi connectivity index (χ2n) is 9.49. The van der Waals surface area contributed by atoms with Gasteiger partial charge in [-0.25, -0.2) is 0 Å². The highest BCUT2D eigenvalue weighted by atomic mass is 19.4. The molecule has 0 spiro atoms. The van der Waals surface area contributed by atoms with Gasteiger partial charge in [0.05, 0.1) is 17.7 Å². The van der Waals surface area contributed by atoms with Crippen LogP contribution in [0.4, 0.5) is 26.3 Å². The fourth-order valence-electron chi connectivity index (χ4n) is 4.58. The van der Waals surface area contributed by atoms with E-state index < -0.39 is 90.0 Å². The third-order valence-corrected chi connectivity index (χ3v) is 6.27. The monoisotopic (exact) mass is 552 g/mol. The smallest absolute Gasteiger partial charge is 0.394 e. The summed E-state index contributed by atoms with van der Waals surface area (Å²) in [7, 11) is 0. The van der Waals surface area contributed by atoms with Crippen LogP contribution in [0.1, 0.15) is 35.6 Å². The highest BCUT2D eigenvalue weighted by Crippen LogP contribution is 2.40. The molecular weight excluding hydrogens is 522 g/mol. The molecule has 12 heteroatoms. The lowest BCUT2D eigenvalue weighted by atomic mass is 9.70. The zero-order valence-electron chi connectivity index (χ0n) is 20.3. The van der Waals surface area contributed by atoms with Crippen LogP contribution in [0.3, 0.4) is 0 Å². The molecule has 0 heterocycles. The van der Waals surface area contributed by atoms with Crippen molar-refractivity contribution < 1.29 is 57.0 Å². The number of benzene rings is 2. The minimum atomic E-state index is -4.94. The van der Waals surface area contributed by atoms with E-state index in [1.165, 1.54) is 19.1 Å². The molecule has 0 saturated carbocycles. The van der Waals surface area contributed by atoms with Gasteiger partial charge in [0.15, 0.2) is 0 Å². The van der Waals surface area contributed by atoms with E-state index in [9.17, 15) is 57.0 Å². The average molecular weight is 553 g/mol. The summed E-state index contributed by atoms with van der Waals surface area (Å²) >= 11 is 0. The maximum atomic E-state index is 13.6. The SMILES string of the molecule is C=C(C)CC(O)(Cc1ccccc1C(F)(F)F)[C@@H](O)[C@@](O)(Cc1ccccc1C(F)(F)F)[C@H](O)[C@@H](O)CO. The van der Waals surface area contributed by atoms with Crippen molar-refractivity contribution in [3.05, 3.63) is 82.9 Å². The predicted molar refractivity (Wildman–Crippen MR) is 125 cm³/mol. The standard InChI is InChI=1S/C26H30F6O6/c1-15(2)11-23(37,12-16-7-3-5-9-18(16)25(27,28)29)22(36)24(38,21(35)20(34)14-33)13-17-8-4-6-10-19(17)26(30,31)32/h3-10,20-22,33-38H,1,11-14H2,2H3/t20-,21+,22+,23?,24+/m0/s1. The molecule has 6 N–H and O–H groups in total. The Hall–Kier alpha value is -2.48. The molecule has 6 nitrogen and oxygen atoms in total. The molecule has 0 aliphatic heterocycles. The molecule has 5 atom stereocenters. The molecule has 38 heavy (non-hydrogen) atoms. The van der Waals surface area contributed by atoms with Crippen LogP contribution >= 0.6 is 0 Å². The van der Waals surface area contributed by atoms with E-state index >= 15 is 0 Å². The van der Waals surface area contributed by atoms with Crippen molar-refractivity contribution in [2.24, 2.45) is 0 Å². The molecule has 0 saturated heterocycles. The highest BCUT2D eigenvalue weighted by molar-refractivity contribution is 5.34. The zero-order valence-corrected chi connectivity index (χ0v) is 20.3. The number of halogens is 6. The minimum Gasteiger partial charge on any atom is -0.394 e. The molecule has 2 aromatic rings. The molecule has 0 aliphatic rings. The summed E-state index contributed by atoms with van der Waals surface area (Å²) in [6, 6.07) is 7.86. The Kier molecular flexibility index (Phi) is 9.79. The lowest BCUT2D eigenvalue weighted by molar-refractivity contribution is -0.229. The van der Waals surface area contributed by atoms with Crippen molar-refractivity contribution in [3.8, 4) is 0 Å². The molecule has 212 valence electrons. The first-order valence-corrected chi connectivity index (χ1v) is 11.4. The van der Waals surface area contributed by atoms with Gasteiger partial charge in [-0.05, 0) is 36.6 Å². The van der Waals surface area contributed by atoms with Gasteiger partial charge in [0.2, 0.25) is 0 Å². The molecule has 2 aromatic carbocycles. The number of aliphatic hydroxyl groups excluding tert-OH is 4. The lowest BCUT2D eigenvalue weighted by Crippen LogP contribution is -2.66. The molecule has 0 fully saturated rings. The topological polar surface area (TPSA) is 121 Å². The van der Waals surface area contributed by atoms with E-state index in [-0.39, 0.29) is 5.57 Å². The number of hydrogen-bond acceptors (Lipinski definition) is 6. The van der Waals surface area contributed by atoms with Crippen LogP contribution in [0.25, 0.3) is 0 Å². The maximum Gasteiger partial charge on any atom is 0.416 e. The zero-order chi connectivity index (χ0) is 29.1. The van der Waals surface area contributed by atoms with E-state index in [0.29, 0.717) is 6.07 Å². The van der Waals surface area contributed by atoms with E-state index in [1.807, 2.05) is 0 Å². The Morgan fingerprint density at radius 2 is 1.21 bits per heavy atom. The Labute approximate surface area is 215 Å². The van der Waals surface area contributed by atoms with Gasteiger partial charge in [0, 0.05) is 12.8 Å². The van der Waals surface area contributed by atoms with E-state index in [1.54, 1.807) is 0 Å². The van der Waals surface area contributed by atoms with Crippen molar-refractivity contribution >= 4 is 0 Å². The van der Waals surface area contributed by atoms with Crippen molar-refractivity contribution in [1.82, 2.24) is 0 Å². The third-order valence-electron chi connectivity index (χ3n) is 6.27. The third kappa shape index (κ3) is 7.13. The van der Waals surface area contributed by atoms with Crippen LogP contribution in [0.5, 0.6) is 0 Å². The van der Waals surface area contributed by atoms with Crippen LogP contribution in [0.2, 0.25) is 0 Å². The minimum absolute atomic E-state index is 0.117. The Morgan fingerprint density at radius 3 is 1.61 bits per heavy atom. The van der Waals surface area contributed by atoms with Crippen LogP contribution in [-0.4, -0.2) is 66.8 Å². The number of alkyl halides is 6. The molecule has 0 radical (unpaired) electrons. The molecule has 0 bridgehead atoms. The largest absolute Gasteiger partial charge is 0.416 e. The van der Waals surface area contributed by atoms with Crippen molar-refractivity contribution in [3.63, 3.8) is 0 Å². The second-order valence-corrected chi connectivity index (χ2v) is 9.49. The van der Waals surface area contributed by atoms with E-state index in [4.69, 9.17) is 0 Å². The van der Waals surface area contributed by atoms with E-state index in [2.05, 4.69) is 6.58 Å². The van der Waals surface area contributed by atoms with Crippen LogP contribution in [0.15, 0.2) is 60.7 Å². The van der Waals surface area contributed by atoms with Crippen LogP contribution in [-0.2, 0) is 25.2 Å². The first-order valence-electron chi connectivity index (χ1n) is 11.4. The number of aliphatic hydroxyl groups is 6. The Bertz CT molecular complexity index is 1100. The fourth-order valence-corrected chi connectivity index (χ4v) is 4.58. The Morgan fingerprint density at radius 1 is 0.789 bits per heavy atom. The van der Waals surface area contributed by atoms with Gasteiger partial charge in [0.1, 0.15) is 29.5 Å². The summed E-state index contributed by atoms with van der Waals surface area (Å²) in [6.07, 6.45) is -20.0. The Balaban J connectivity index is 2.71. The van der Waals surface area contributed by atoms with Gasteiger partial charge < -0.3 is 30.6 Å². The van der Waals surface area contributed by atoms with Crippen molar-refractivity contribution in [2.75, 3.05) is 6.61 Å². The molecule has 0 aromatic heterocycles. The summed E-state index contributed by atoms with van der Waals surface area (Å²) in [6.45, 7) is 3.72. The van der Waals surface area contributed by atoms with E-state index in [0.717, 1.165) is 30.3 Å². The first kappa shape index (κ1) is 31.7. The summed E-state index contributed by atoms with van der Waals surface area (Å²) in [5, 5.41) is 64.4. The summed E-state index contributed by atoms with van der Waals surface area (Å²) in [5.41, 5.74) is -9.41. The number of hydrogen-bond donors (Lipinski definition) is 6. The van der Waals surface area contributed by atoms with Gasteiger partial charge in [0.25, 0.3) is 0 Å². The van der Waals surface area contributed by atoms with Gasteiger partial charge in [-0.3, -0.25) is 0 Å². The van der Waals surface area contributed by atoms with Gasteiger partial charge in [-0.2, -0.15) is 26.3 Å². The lowest BCUT2D eigenvalue weighted by Gasteiger charge is -2.46. The average Bonchev–Trinajstić information content (AvgIpc) is 2.81. The van der Waals surface area contributed by atoms with Crippen LogP contribution < -0.4 is 0 Å². The molecule has 1 unspecified atom stereocenters. The quantitative estimate of drug-likeness (QED) is 0.188. The van der Waals surface area contributed by atoms with Crippen molar-refractivity contribution in [1.29, 1.82) is 0 Å². The van der Waals surface area contributed by atoms with Gasteiger partial charge >= 0.3 is 12.4 Å². The highest BCUT2D eigenvalue weighted by Gasteiger charge is 2.55.